The molecular formula is C28H35FN4O. The zero-order valence-electron chi connectivity index (χ0n) is 20.3. The zero-order valence-corrected chi connectivity index (χ0v) is 20.3. The van der Waals surface area contributed by atoms with E-state index >= 15 is 0 Å². The molecule has 1 aromatic heterocycles. The van der Waals surface area contributed by atoms with E-state index in [1.54, 1.807) is 0 Å². The van der Waals surface area contributed by atoms with Gasteiger partial charge >= 0.3 is 0 Å². The number of aromatic nitrogens is 2. The van der Waals surface area contributed by atoms with Crippen molar-refractivity contribution in [1.82, 2.24) is 19.6 Å². The molecule has 0 spiro atoms. The summed E-state index contributed by atoms with van der Waals surface area (Å²) in [7, 11) is 0. The fourth-order valence-electron chi connectivity index (χ4n) is 4.85. The molecule has 0 bridgehead atoms. The Bertz CT molecular complexity index is 1110. The van der Waals surface area contributed by atoms with Gasteiger partial charge in [-0.1, -0.05) is 30.3 Å². The summed E-state index contributed by atoms with van der Waals surface area (Å²) in [6.07, 6.45) is 3.48. The first-order valence-corrected chi connectivity index (χ1v) is 12.4. The van der Waals surface area contributed by atoms with Crippen LogP contribution >= 0.6 is 0 Å². The van der Waals surface area contributed by atoms with Crippen molar-refractivity contribution in [3.8, 4) is 5.69 Å². The Hall–Kier alpha value is -2.54. The van der Waals surface area contributed by atoms with Gasteiger partial charge < -0.3 is 5.11 Å². The van der Waals surface area contributed by atoms with Crippen LogP contribution in [-0.2, 0) is 26.1 Å². The van der Waals surface area contributed by atoms with Crippen LogP contribution in [0.3, 0.4) is 0 Å². The third-order valence-corrected chi connectivity index (χ3v) is 7.30. The summed E-state index contributed by atoms with van der Waals surface area (Å²) in [5.74, 6) is 0.534. The average Bonchev–Trinajstić information content (AvgIpc) is 3.60. The standard InChI is InChI=1S/C28H35FN4O/c1-28(2,20-34)32(17-22-8-9-22)19-26-25-18-31(16-21-10-12-23(29)13-11-21)15-14-27(25)33(30-26)24-6-4-3-5-7-24/h3-7,10-13,22,34H,8-9,14-20H2,1-2H3. The molecule has 2 heterocycles. The molecule has 5 rings (SSSR count). The molecular weight excluding hydrogens is 427 g/mol. The van der Waals surface area contributed by atoms with Crippen molar-refractivity contribution in [1.29, 1.82) is 0 Å². The maximum absolute atomic E-state index is 13.4. The number of benzene rings is 2. The van der Waals surface area contributed by atoms with E-state index in [0.29, 0.717) is 0 Å². The fourth-order valence-corrected chi connectivity index (χ4v) is 4.85. The van der Waals surface area contributed by atoms with Gasteiger partial charge in [0.15, 0.2) is 0 Å². The molecule has 2 aliphatic rings. The van der Waals surface area contributed by atoms with Gasteiger partial charge in [-0.2, -0.15) is 5.10 Å². The van der Waals surface area contributed by atoms with Crippen molar-refractivity contribution in [2.75, 3.05) is 19.7 Å². The van der Waals surface area contributed by atoms with Gasteiger partial charge in [-0.05, 0) is 62.4 Å². The number of nitrogens with zero attached hydrogens (tertiary/aromatic N) is 4. The summed E-state index contributed by atoms with van der Waals surface area (Å²) >= 11 is 0. The van der Waals surface area contributed by atoms with Crippen LogP contribution in [0, 0.1) is 11.7 Å². The van der Waals surface area contributed by atoms with E-state index in [-0.39, 0.29) is 18.0 Å². The Morgan fingerprint density at radius 2 is 1.82 bits per heavy atom. The monoisotopic (exact) mass is 462 g/mol. The summed E-state index contributed by atoms with van der Waals surface area (Å²) in [6.45, 7) is 8.66. The number of fused-ring (bicyclic) bond motifs is 1. The van der Waals surface area contributed by atoms with Crippen molar-refractivity contribution < 1.29 is 9.50 Å². The number of rotatable bonds is 9. The molecule has 2 aromatic carbocycles. The molecule has 0 unspecified atom stereocenters. The molecule has 1 saturated carbocycles. The predicted octanol–water partition coefficient (Wildman–Crippen LogP) is 4.55. The van der Waals surface area contributed by atoms with Crippen LogP contribution in [0.2, 0.25) is 0 Å². The van der Waals surface area contributed by atoms with Gasteiger partial charge in [-0.25, -0.2) is 9.07 Å². The molecule has 1 fully saturated rings. The van der Waals surface area contributed by atoms with Crippen molar-refractivity contribution in [3.63, 3.8) is 0 Å². The zero-order chi connectivity index (χ0) is 23.7. The highest BCUT2D eigenvalue weighted by molar-refractivity contribution is 5.39. The van der Waals surface area contributed by atoms with Crippen LogP contribution in [0.1, 0.15) is 49.2 Å². The van der Waals surface area contributed by atoms with Crippen molar-refractivity contribution in [3.05, 3.63) is 82.9 Å². The normalized spacial score (nSPS) is 16.7. The number of para-hydroxylation sites is 1. The minimum Gasteiger partial charge on any atom is -0.394 e. The Morgan fingerprint density at radius 1 is 1.09 bits per heavy atom. The molecule has 34 heavy (non-hydrogen) atoms. The Kier molecular flexibility index (Phi) is 6.56. The van der Waals surface area contributed by atoms with Gasteiger partial charge in [-0.3, -0.25) is 9.80 Å². The largest absolute Gasteiger partial charge is 0.394 e. The van der Waals surface area contributed by atoms with Crippen LogP contribution < -0.4 is 0 Å². The van der Waals surface area contributed by atoms with E-state index in [0.717, 1.165) is 62.0 Å². The number of halogens is 1. The lowest BCUT2D eigenvalue weighted by atomic mass is 10.00. The number of hydrogen-bond donors (Lipinski definition) is 1. The van der Waals surface area contributed by atoms with Crippen LogP contribution in [0.5, 0.6) is 0 Å². The van der Waals surface area contributed by atoms with Gasteiger partial charge in [0.25, 0.3) is 0 Å². The summed E-state index contributed by atoms with van der Waals surface area (Å²) < 4.78 is 15.5. The molecule has 1 N–H and O–H groups in total. The molecule has 6 heteroatoms. The summed E-state index contributed by atoms with van der Waals surface area (Å²) in [5.41, 5.74) is 5.60. The lowest BCUT2D eigenvalue weighted by Gasteiger charge is -2.37. The quantitative estimate of drug-likeness (QED) is 0.507. The molecule has 1 aliphatic carbocycles. The summed E-state index contributed by atoms with van der Waals surface area (Å²) in [4.78, 5) is 4.85. The molecule has 180 valence electrons. The molecule has 0 amide bonds. The first-order valence-electron chi connectivity index (χ1n) is 12.4. The van der Waals surface area contributed by atoms with E-state index in [2.05, 4.69) is 52.6 Å². The summed E-state index contributed by atoms with van der Waals surface area (Å²) in [6, 6.07) is 17.2. The Morgan fingerprint density at radius 3 is 2.50 bits per heavy atom. The number of aliphatic hydroxyl groups is 1. The highest BCUT2D eigenvalue weighted by atomic mass is 19.1. The SMILES string of the molecule is CC(C)(CO)N(Cc1nn(-c2ccccc2)c2c1CN(Cc1ccc(F)cc1)CC2)CC1CC1. The maximum atomic E-state index is 13.4. The van der Waals surface area contributed by atoms with Crippen molar-refractivity contribution in [2.24, 2.45) is 5.92 Å². The Labute approximate surface area is 201 Å². The third-order valence-electron chi connectivity index (χ3n) is 7.30. The highest BCUT2D eigenvalue weighted by Crippen LogP contribution is 2.34. The molecule has 0 saturated heterocycles. The topological polar surface area (TPSA) is 44.5 Å². The molecule has 1 aliphatic heterocycles. The van der Waals surface area contributed by atoms with E-state index in [1.807, 2.05) is 18.2 Å². The van der Waals surface area contributed by atoms with Gasteiger partial charge in [0.2, 0.25) is 0 Å². The molecule has 3 aromatic rings. The third kappa shape index (κ3) is 5.09. The van der Waals surface area contributed by atoms with Gasteiger partial charge in [0, 0.05) is 50.2 Å². The summed E-state index contributed by atoms with van der Waals surface area (Å²) in [5, 5.41) is 15.3. The highest BCUT2D eigenvalue weighted by Gasteiger charge is 2.34. The van der Waals surface area contributed by atoms with E-state index < -0.39 is 0 Å². The fraction of sp³-hybridized carbons (Fsp3) is 0.464. The van der Waals surface area contributed by atoms with Gasteiger partial charge in [-0.15, -0.1) is 0 Å². The minimum atomic E-state index is -0.297. The minimum absolute atomic E-state index is 0.123. The molecule has 5 nitrogen and oxygen atoms in total. The number of hydrogen-bond acceptors (Lipinski definition) is 4. The second kappa shape index (κ2) is 9.61. The molecule has 0 atom stereocenters. The van der Waals surface area contributed by atoms with Crippen molar-refractivity contribution >= 4 is 0 Å². The van der Waals surface area contributed by atoms with Crippen LogP contribution in [0.15, 0.2) is 54.6 Å². The van der Waals surface area contributed by atoms with Gasteiger partial charge in [0.1, 0.15) is 5.82 Å². The smallest absolute Gasteiger partial charge is 0.123 e. The van der Waals surface area contributed by atoms with Crippen LogP contribution in [0.25, 0.3) is 5.69 Å². The maximum Gasteiger partial charge on any atom is 0.123 e. The van der Waals surface area contributed by atoms with E-state index in [4.69, 9.17) is 5.10 Å². The first-order chi connectivity index (χ1) is 16.4. The second-order valence-corrected chi connectivity index (χ2v) is 10.5. The molecule has 0 radical (unpaired) electrons. The van der Waals surface area contributed by atoms with E-state index in [9.17, 15) is 9.50 Å². The van der Waals surface area contributed by atoms with Crippen LogP contribution in [-0.4, -0.2) is 49.9 Å². The lowest BCUT2D eigenvalue weighted by molar-refractivity contribution is 0.0453. The van der Waals surface area contributed by atoms with E-state index in [1.165, 1.54) is 36.2 Å². The van der Waals surface area contributed by atoms with Crippen LogP contribution in [0.4, 0.5) is 4.39 Å². The lowest BCUT2D eigenvalue weighted by Crippen LogP contribution is -2.47. The second-order valence-electron chi connectivity index (χ2n) is 10.5. The predicted molar refractivity (Wildman–Crippen MR) is 132 cm³/mol. The van der Waals surface area contributed by atoms with Gasteiger partial charge in [0.05, 0.1) is 23.7 Å². The number of aliphatic hydroxyl groups excluding tert-OH is 1. The average molecular weight is 463 g/mol. The first kappa shape index (κ1) is 23.2. The van der Waals surface area contributed by atoms with Crippen molar-refractivity contribution in [2.45, 2.75) is 58.3 Å². The Balaban J connectivity index is 1.46.